The zero-order chi connectivity index (χ0) is 20.3. The third kappa shape index (κ3) is 6.50. The summed E-state index contributed by atoms with van der Waals surface area (Å²) < 4.78 is 11.3. The van der Waals surface area contributed by atoms with Crippen LogP contribution in [0.3, 0.4) is 0 Å². The zero-order valence-corrected chi connectivity index (χ0v) is 17.0. The van der Waals surface area contributed by atoms with E-state index in [0.717, 1.165) is 22.4 Å². The average molecular weight is 406 g/mol. The highest BCUT2D eigenvalue weighted by Crippen LogP contribution is 2.23. The Morgan fingerprint density at radius 3 is 2.07 bits per heavy atom. The van der Waals surface area contributed by atoms with Crippen molar-refractivity contribution in [2.75, 3.05) is 6.26 Å². The molecule has 29 heavy (non-hydrogen) atoms. The van der Waals surface area contributed by atoms with Crippen LogP contribution in [0.15, 0.2) is 89.9 Å². The Balaban J connectivity index is 1.64. The first-order valence-corrected chi connectivity index (χ1v) is 10.6. The van der Waals surface area contributed by atoms with E-state index >= 15 is 0 Å². The molecule has 0 amide bonds. The van der Waals surface area contributed by atoms with E-state index in [1.807, 2.05) is 91.2 Å². The predicted octanol–water partition coefficient (Wildman–Crippen LogP) is 5.44. The van der Waals surface area contributed by atoms with Crippen molar-refractivity contribution in [2.45, 2.75) is 19.3 Å². The van der Waals surface area contributed by atoms with Gasteiger partial charge in [0.25, 0.3) is 0 Å². The number of hydrogen-bond acceptors (Lipinski definition) is 5. The van der Waals surface area contributed by atoms with Gasteiger partial charge in [0.05, 0.1) is 5.55 Å². The van der Waals surface area contributed by atoms with E-state index < -0.39 is 6.04 Å². The lowest BCUT2D eigenvalue weighted by molar-refractivity contribution is -0.146. The molecule has 0 bridgehead atoms. The molecule has 1 unspecified atom stereocenters. The summed E-state index contributed by atoms with van der Waals surface area (Å²) in [6.07, 6.45) is 1.90. The number of rotatable bonds is 9. The second kappa shape index (κ2) is 11.1. The van der Waals surface area contributed by atoms with Gasteiger partial charge in [-0.3, -0.25) is 4.99 Å². The van der Waals surface area contributed by atoms with Crippen molar-refractivity contribution in [2.24, 2.45) is 4.99 Å². The number of benzene rings is 3. The van der Waals surface area contributed by atoms with Crippen molar-refractivity contribution in [3.8, 4) is 5.75 Å². The fourth-order valence-corrected chi connectivity index (χ4v) is 2.94. The second-order valence-corrected chi connectivity index (χ2v) is 7.01. The van der Waals surface area contributed by atoms with Gasteiger partial charge in [-0.15, -0.1) is 11.8 Å². The van der Waals surface area contributed by atoms with Crippen LogP contribution < -0.4 is 4.74 Å². The number of carbonyl (C=O) groups is 1. The Labute approximate surface area is 175 Å². The summed E-state index contributed by atoms with van der Waals surface area (Å²) in [5.74, 6) is 0.361. The standard InChI is InChI=1S/C24H23NO3S/c1-29-18-25-23(24(26)28-17-20-10-6-3-7-11-20)21-12-14-22(15-13-21)27-16-19-8-4-2-5-9-19/h2-15,18,23H,16-17H2,1H3/b25-18+. The highest BCUT2D eigenvalue weighted by Gasteiger charge is 2.21. The first kappa shape index (κ1) is 20.7. The van der Waals surface area contributed by atoms with E-state index in [4.69, 9.17) is 9.47 Å². The average Bonchev–Trinajstić information content (AvgIpc) is 2.78. The monoisotopic (exact) mass is 405 g/mol. The largest absolute Gasteiger partial charge is 0.489 e. The van der Waals surface area contributed by atoms with Crippen LogP contribution >= 0.6 is 11.8 Å². The molecule has 1 atom stereocenters. The summed E-state index contributed by atoms with van der Waals surface area (Å²) >= 11 is 1.44. The summed E-state index contributed by atoms with van der Waals surface area (Å²) in [4.78, 5) is 17.0. The lowest BCUT2D eigenvalue weighted by Gasteiger charge is -2.14. The maximum absolute atomic E-state index is 12.6. The number of ether oxygens (including phenoxy) is 2. The van der Waals surface area contributed by atoms with E-state index in [2.05, 4.69) is 4.99 Å². The fourth-order valence-electron chi connectivity index (χ4n) is 2.70. The molecule has 0 fully saturated rings. The van der Waals surface area contributed by atoms with E-state index in [1.165, 1.54) is 11.8 Å². The highest BCUT2D eigenvalue weighted by atomic mass is 32.2. The summed E-state index contributed by atoms with van der Waals surface area (Å²) in [5, 5.41) is 0. The van der Waals surface area contributed by atoms with Gasteiger partial charge in [-0.2, -0.15) is 0 Å². The molecule has 0 saturated heterocycles. The van der Waals surface area contributed by atoms with Crippen LogP contribution in [0, 0.1) is 0 Å². The van der Waals surface area contributed by atoms with Crippen LogP contribution in [0.4, 0.5) is 0 Å². The number of nitrogens with zero attached hydrogens (tertiary/aromatic N) is 1. The van der Waals surface area contributed by atoms with Gasteiger partial charge in [0.1, 0.15) is 19.0 Å². The third-order valence-corrected chi connectivity index (χ3v) is 4.54. The topological polar surface area (TPSA) is 47.9 Å². The van der Waals surface area contributed by atoms with Crippen molar-refractivity contribution in [3.63, 3.8) is 0 Å². The molecule has 148 valence electrons. The molecule has 0 radical (unpaired) electrons. The highest BCUT2D eigenvalue weighted by molar-refractivity contribution is 8.11. The van der Waals surface area contributed by atoms with Crippen LogP contribution in [-0.2, 0) is 22.7 Å². The normalized spacial score (nSPS) is 11.9. The zero-order valence-electron chi connectivity index (χ0n) is 16.2. The molecule has 0 aliphatic carbocycles. The van der Waals surface area contributed by atoms with Crippen molar-refractivity contribution >= 4 is 23.3 Å². The first-order valence-electron chi connectivity index (χ1n) is 9.28. The van der Waals surface area contributed by atoms with E-state index in [9.17, 15) is 4.79 Å². The number of aliphatic imine (C=N–C) groups is 1. The van der Waals surface area contributed by atoms with Gasteiger partial charge >= 0.3 is 5.97 Å². The van der Waals surface area contributed by atoms with Crippen molar-refractivity contribution in [3.05, 3.63) is 102 Å². The van der Waals surface area contributed by atoms with Crippen LogP contribution in [0.1, 0.15) is 22.7 Å². The van der Waals surface area contributed by atoms with Gasteiger partial charge in [0.15, 0.2) is 6.04 Å². The van der Waals surface area contributed by atoms with E-state index in [1.54, 1.807) is 5.55 Å². The van der Waals surface area contributed by atoms with Crippen LogP contribution in [-0.4, -0.2) is 17.8 Å². The molecule has 3 aromatic carbocycles. The summed E-state index contributed by atoms with van der Waals surface area (Å²) in [5.41, 5.74) is 4.47. The van der Waals surface area contributed by atoms with Crippen LogP contribution in [0.25, 0.3) is 0 Å². The lowest BCUT2D eigenvalue weighted by atomic mass is 10.1. The number of carbonyl (C=O) groups excluding carboxylic acids is 1. The molecule has 0 aromatic heterocycles. The molecule has 0 saturated carbocycles. The quantitative estimate of drug-likeness (QED) is 0.270. The SMILES string of the molecule is CS/C=N/C(C(=O)OCc1ccccc1)c1ccc(OCc2ccccc2)cc1. The molecule has 0 N–H and O–H groups in total. The van der Waals surface area contributed by atoms with Crippen molar-refractivity contribution in [1.29, 1.82) is 0 Å². The van der Waals surface area contributed by atoms with Gasteiger partial charge in [0, 0.05) is 0 Å². The maximum atomic E-state index is 12.6. The number of esters is 1. The maximum Gasteiger partial charge on any atom is 0.335 e. The molecule has 0 aliphatic rings. The molecule has 4 nitrogen and oxygen atoms in total. The minimum absolute atomic E-state index is 0.225. The smallest absolute Gasteiger partial charge is 0.335 e. The first-order chi connectivity index (χ1) is 14.3. The van der Waals surface area contributed by atoms with Gasteiger partial charge in [0.2, 0.25) is 0 Å². The summed E-state index contributed by atoms with van der Waals surface area (Å²) in [6, 6.07) is 26.3. The van der Waals surface area contributed by atoms with Crippen molar-refractivity contribution < 1.29 is 14.3 Å². The van der Waals surface area contributed by atoms with Crippen LogP contribution in [0.5, 0.6) is 5.75 Å². The Hall–Kier alpha value is -3.05. The number of thioether (sulfide) groups is 1. The van der Waals surface area contributed by atoms with E-state index in [0.29, 0.717) is 6.61 Å². The molecular formula is C24H23NO3S. The van der Waals surface area contributed by atoms with Gasteiger partial charge in [-0.05, 0) is 35.1 Å². The van der Waals surface area contributed by atoms with Gasteiger partial charge in [-0.25, -0.2) is 4.79 Å². The minimum Gasteiger partial charge on any atom is -0.489 e. The molecule has 0 spiro atoms. The molecule has 3 rings (SSSR count). The predicted molar refractivity (Wildman–Crippen MR) is 118 cm³/mol. The number of hydrogen-bond donors (Lipinski definition) is 0. The fraction of sp³-hybridized carbons (Fsp3) is 0.167. The summed E-state index contributed by atoms with van der Waals surface area (Å²) in [6.45, 7) is 0.719. The third-order valence-electron chi connectivity index (χ3n) is 4.21. The molecule has 3 aromatic rings. The van der Waals surface area contributed by atoms with Gasteiger partial charge in [-0.1, -0.05) is 72.8 Å². The minimum atomic E-state index is -0.700. The Morgan fingerprint density at radius 1 is 0.897 bits per heavy atom. The van der Waals surface area contributed by atoms with Gasteiger partial charge < -0.3 is 9.47 Å². The Kier molecular flexibility index (Phi) is 7.90. The summed E-state index contributed by atoms with van der Waals surface area (Å²) in [7, 11) is 0. The molecular weight excluding hydrogens is 382 g/mol. The van der Waals surface area contributed by atoms with Crippen molar-refractivity contribution in [1.82, 2.24) is 0 Å². The molecule has 0 aliphatic heterocycles. The Morgan fingerprint density at radius 2 is 1.48 bits per heavy atom. The van der Waals surface area contributed by atoms with Crippen LogP contribution in [0.2, 0.25) is 0 Å². The molecule has 0 heterocycles. The lowest BCUT2D eigenvalue weighted by Crippen LogP contribution is -2.14. The Bertz CT molecular complexity index is 912. The van der Waals surface area contributed by atoms with E-state index in [-0.39, 0.29) is 12.6 Å². The second-order valence-electron chi connectivity index (χ2n) is 6.33. The molecule has 5 heteroatoms.